The number of benzene rings is 2. The van der Waals surface area contributed by atoms with E-state index in [9.17, 15) is 13.9 Å². The van der Waals surface area contributed by atoms with E-state index < -0.39 is 39.2 Å². The van der Waals surface area contributed by atoms with Crippen molar-refractivity contribution in [3.05, 3.63) is 89.5 Å². The third kappa shape index (κ3) is 4.48. The number of rotatable bonds is 6. The lowest BCUT2D eigenvalue weighted by Crippen LogP contribution is -2.36. The lowest BCUT2D eigenvalue weighted by molar-refractivity contribution is -0.000483. The number of phosphoric acid groups is 2. The highest BCUT2D eigenvalue weighted by atomic mass is 31.2. The van der Waals surface area contributed by atoms with Gasteiger partial charge in [-0.2, -0.15) is 0 Å². The summed E-state index contributed by atoms with van der Waals surface area (Å²) in [4.78, 5) is 48.8. The number of carbonyl (C=O) groups excluding carboxylic acids is 1. The fraction of sp³-hybridized carbons (Fsp3) is 0.150. The van der Waals surface area contributed by atoms with E-state index in [1.165, 1.54) is 36.4 Å². The molecule has 2 aliphatic rings. The molecule has 32 heavy (non-hydrogen) atoms. The van der Waals surface area contributed by atoms with Crippen LogP contribution in [0.15, 0.2) is 72.8 Å². The maximum Gasteiger partial charge on any atom is 0.524 e. The van der Waals surface area contributed by atoms with Crippen LogP contribution in [0.1, 0.15) is 21.5 Å². The van der Waals surface area contributed by atoms with Gasteiger partial charge in [0.15, 0.2) is 5.60 Å². The number of fused-ring (bicyclic) bond motifs is 1. The Bertz CT molecular complexity index is 1180. The SMILES string of the molecule is O=C1OC(c2ccc(OP(=O)(O)O)cc2)(C2C=CC(OP(=O)(O)O)C=C2)c2ccccc21. The second-order valence-electron chi connectivity index (χ2n) is 7.13. The zero-order chi connectivity index (χ0) is 23.1. The standard InChI is InChI=1S/C20H18O10P2/c21-19-17-3-1-2-4-18(17)20(28-19,13-5-9-15(10-6-13)29-31(22,23)24)14-7-11-16(12-8-14)30-32(25,26)27/h1-13,15H,(H2,22,23,24)(H2,25,26,27). The van der Waals surface area contributed by atoms with Gasteiger partial charge in [0.2, 0.25) is 0 Å². The fourth-order valence-electron chi connectivity index (χ4n) is 3.88. The second-order valence-corrected chi connectivity index (χ2v) is 9.49. The molecule has 2 aromatic carbocycles. The Kier molecular flexibility index (Phi) is 5.73. The summed E-state index contributed by atoms with van der Waals surface area (Å²) in [7, 11) is -9.45. The summed E-state index contributed by atoms with van der Waals surface area (Å²) in [6.07, 6.45) is 5.18. The van der Waals surface area contributed by atoms with Crippen LogP contribution in [0.5, 0.6) is 5.75 Å². The lowest BCUT2D eigenvalue weighted by atomic mass is 9.74. The molecular weight excluding hydrogens is 462 g/mol. The molecule has 0 radical (unpaired) electrons. The maximum absolute atomic E-state index is 12.7. The van der Waals surface area contributed by atoms with Crippen LogP contribution in [-0.4, -0.2) is 31.6 Å². The van der Waals surface area contributed by atoms with E-state index >= 15 is 0 Å². The van der Waals surface area contributed by atoms with Crippen molar-refractivity contribution in [2.45, 2.75) is 11.7 Å². The maximum atomic E-state index is 12.7. The highest BCUT2D eigenvalue weighted by molar-refractivity contribution is 7.46. The normalized spacial score (nSPS) is 24.8. The number of carbonyl (C=O) groups is 1. The average Bonchev–Trinajstić information content (AvgIpc) is 3.01. The first-order valence-corrected chi connectivity index (χ1v) is 12.3. The Labute approximate surface area is 182 Å². The molecule has 0 saturated carbocycles. The number of ether oxygens (including phenoxy) is 1. The van der Waals surface area contributed by atoms with Crippen LogP contribution in [0.2, 0.25) is 0 Å². The molecule has 0 bridgehead atoms. The van der Waals surface area contributed by atoms with Gasteiger partial charge in [-0.3, -0.25) is 14.3 Å². The molecule has 0 fully saturated rings. The van der Waals surface area contributed by atoms with Crippen molar-refractivity contribution in [2.24, 2.45) is 5.92 Å². The first-order chi connectivity index (χ1) is 15.0. The van der Waals surface area contributed by atoms with Crippen molar-refractivity contribution in [2.75, 3.05) is 0 Å². The van der Waals surface area contributed by atoms with E-state index in [0.29, 0.717) is 16.7 Å². The first-order valence-electron chi connectivity index (χ1n) is 9.27. The van der Waals surface area contributed by atoms with Gasteiger partial charge in [0.25, 0.3) is 0 Å². The number of phosphoric ester groups is 2. The monoisotopic (exact) mass is 480 g/mol. The van der Waals surface area contributed by atoms with Crippen LogP contribution >= 0.6 is 15.6 Å². The zero-order valence-electron chi connectivity index (χ0n) is 16.2. The Morgan fingerprint density at radius 1 is 0.844 bits per heavy atom. The van der Waals surface area contributed by atoms with Crippen LogP contribution in [-0.2, 0) is 24.0 Å². The molecule has 0 saturated heterocycles. The Morgan fingerprint density at radius 3 is 2.06 bits per heavy atom. The summed E-state index contributed by atoms with van der Waals surface area (Å²) in [5.41, 5.74) is 0.109. The molecular formula is C20H18O10P2. The summed E-state index contributed by atoms with van der Waals surface area (Å²) in [5, 5.41) is 0. The molecule has 0 aromatic heterocycles. The minimum atomic E-state index is -4.74. The van der Waals surface area contributed by atoms with Gasteiger partial charge in [-0.25, -0.2) is 13.9 Å². The van der Waals surface area contributed by atoms with Gasteiger partial charge < -0.3 is 19.0 Å². The number of hydrogen-bond acceptors (Lipinski definition) is 6. The molecule has 4 N–H and O–H groups in total. The lowest BCUT2D eigenvalue weighted by Gasteiger charge is -2.36. The van der Waals surface area contributed by atoms with Crippen molar-refractivity contribution in [1.82, 2.24) is 0 Å². The van der Waals surface area contributed by atoms with Gasteiger partial charge in [-0.1, -0.05) is 54.6 Å². The minimum Gasteiger partial charge on any atom is -0.445 e. The Hall–Kier alpha value is -2.55. The van der Waals surface area contributed by atoms with E-state index in [2.05, 4.69) is 9.05 Å². The smallest absolute Gasteiger partial charge is 0.445 e. The summed E-state index contributed by atoms with van der Waals surface area (Å²) < 4.78 is 37.4. The number of esters is 1. The molecule has 0 amide bonds. The van der Waals surface area contributed by atoms with Gasteiger partial charge in [-0.15, -0.1) is 0 Å². The predicted octanol–water partition coefficient (Wildman–Crippen LogP) is 2.79. The third-order valence-electron chi connectivity index (χ3n) is 5.05. The molecule has 1 heterocycles. The molecule has 10 nitrogen and oxygen atoms in total. The number of cyclic esters (lactones) is 1. The van der Waals surface area contributed by atoms with E-state index in [1.54, 1.807) is 36.4 Å². The summed E-state index contributed by atoms with van der Waals surface area (Å²) >= 11 is 0. The van der Waals surface area contributed by atoms with Crippen LogP contribution in [0, 0.1) is 5.92 Å². The van der Waals surface area contributed by atoms with Crippen LogP contribution < -0.4 is 4.52 Å². The Balaban J connectivity index is 1.77. The van der Waals surface area contributed by atoms with E-state index in [4.69, 9.17) is 24.3 Å². The fourth-order valence-corrected chi connectivity index (χ4v) is 4.74. The minimum absolute atomic E-state index is 0.0697. The molecule has 2 aromatic rings. The second kappa shape index (κ2) is 8.10. The largest absolute Gasteiger partial charge is 0.524 e. The predicted molar refractivity (Wildman–Crippen MR) is 110 cm³/mol. The molecule has 0 spiro atoms. The zero-order valence-corrected chi connectivity index (χ0v) is 18.0. The summed E-state index contributed by atoms with van der Waals surface area (Å²) in [6, 6.07) is 12.6. The van der Waals surface area contributed by atoms with Crippen LogP contribution in [0.25, 0.3) is 0 Å². The van der Waals surface area contributed by atoms with Crippen molar-refractivity contribution in [3.8, 4) is 5.75 Å². The molecule has 1 atom stereocenters. The van der Waals surface area contributed by atoms with Crippen LogP contribution in [0.4, 0.5) is 0 Å². The topological polar surface area (TPSA) is 160 Å². The van der Waals surface area contributed by atoms with E-state index in [1.807, 2.05) is 0 Å². The molecule has 4 rings (SSSR count). The quantitative estimate of drug-likeness (QED) is 0.275. The molecule has 1 aliphatic heterocycles. The molecule has 12 heteroatoms. The van der Waals surface area contributed by atoms with Crippen molar-refractivity contribution in [1.29, 1.82) is 0 Å². The van der Waals surface area contributed by atoms with Gasteiger partial charge in [0.05, 0.1) is 5.56 Å². The molecule has 1 aliphatic carbocycles. The van der Waals surface area contributed by atoms with E-state index in [0.717, 1.165) is 0 Å². The summed E-state index contributed by atoms with van der Waals surface area (Å²) in [5.74, 6) is -1.19. The van der Waals surface area contributed by atoms with Crippen molar-refractivity contribution in [3.63, 3.8) is 0 Å². The van der Waals surface area contributed by atoms with Gasteiger partial charge in [0, 0.05) is 17.0 Å². The molecule has 168 valence electrons. The molecule has 1 unspecified atom stereocenters. The van der Waals surface area contributed by atoms with Gasteiger partial charge in [-0.05, 0) is 18.2 Å². The van der Waals surface area contributed by atoms with Crippen molar-refractivity contribution < 1.29 is 47.3 Å². The number of hydrogen-bond donors (Lipinski definition) is 4. The van der Waals surface area contributed by atoms with E-state index in [-0.39, 0.29) is 5.75 Å². The highest BCUT2D eigenvalue weighted by Gasteiger charge is 2.51. The van der Waals surface area contributed by atoms with Gasteiger partial charge in [0.1, 0.15) is 11.9 Å². The van der Waals surface area contributed by atoms with Gasteiger partial charge >= 0.3 is 21.6 Å². The van der Waals surface area contributed by atoms with Crippen LogP contribution in [0.3, 0.4) is 0 Å². The summed E-state index contributed by atoms with van der Waals surface area (Å²) in [6.45, 7) is 0. The average molecular weight is 480 g/mol. The highest BCUT2D eigenvalue weighted by Crippen LogP contribution is 2.50. The van der Waals surface area contributed by atoms with Crippen molar-refractivity contribution >= 4 is 21.6 Å². The third-order valence-corrected chi connectivity index (χ3v) is 6.02. The Morgan fingerprint density at radius 2 is 1.47 bits per heavy atom. The first kappa shape index (κ1) is 22.6.